The van der Waals surface area contributed by atoms with Crippen molar-refractivity contribution in [2.24, 2.45) is 0 Å². The third-order valence-electron chi connectivity index (χ3n) is 2.43. The van der Waals surface area contributed by atoms with E-state index >= 15 is 0 Å². The Hall–Kier alpha value is -1.24. The predicted octanol–water partition coefficient (Wildman–Crippen LogP) is 3.97. The molecule has 73 valence electrons. The van der Waals surface area contributed by atoms with E-state index in [1.54, 1.807) is 0 Å². The molecule has 1 aromatic heterocycles. The molecule has 1 nitrogen and oxygen atoms in total. The number of aryl methyl sites for hydroxylation is 1. The normalized spacial score (nSPS) is 10.9. The summed E-state index contributed by atoms with van der Waals surface area (Å²) in [6.45, 7) is 2.21. The lowest BCUT2D eigenvalue weighted by Gasteiger charge is -1.93. The van der Waals surface area contributed by atoms with Crippen LogP contribution in [0.2, 0.25) is 0 Å². The number of furan rings is 1. The van der Waals surface area contributed by atoms with Crippen molar-refractivity contribution in [3.8, 4) is 0 Å². The first-order chi connectivity index (χ1) is 6.90. The number of hydrogen-bond donors (Lipinski definition) is 0. The van der Waals surface area contributed by atoms with Gasteiger partial charge in [0.2, 0.25) is 0 Å². The van der Waals surface area contributed by atoms with Gasteiger partial charge in [-0.2, -0.15) is 0 Å². The summed E-state index contributed by atoms with van der Waals surface area (Å²) in [6, 6.07) is 11.2. The first kappa shape index (κ1) is 9.32. The molecule has 0 fully saturated rings. The van der Waals surface area contributed by atoms with Gasteiger partial charge in [-0.1, -0.05) is 38.0 Å². The van der Waals surface area contributed by atoms with Crippen LogP contribution in [0.1, 0.15) is 31.9 Å². The molecule has 0 aliphatic rings. The van der Waals surface area contributed by atoms with E-state index in [4.69, 9.17) is 4.42 Å². The van der Waals surface area contributed by atoms with E-state index < -0.39 is 0 Å². The molecule has 1 heteroatoms. The van der Waals surface area contributed by atoms with Gasteiger partial charge in [0.25, 0.3) is 0 Å². The lowest BCUT2D eigenvalue weighted by Crippen LogP contribution is -1.80. The summed E-state index contributed by atoms with van der Waals surface area (Å²) in [4.78, 5) is 0. The van der Waals surface area contributed by atoms with E-state index in [-0.39, 0.29) is 0 Å². The van der Waals surface area contributed by atoms with Crippen LogP contribution >= 0.6 is 0 Å². The second kappa shape index (κ2) is 4.32. The molecule has 0 aliphatic heterocycles. The Morgan fingerprint density at radius 1 is 1.36 bits per heavy atom. The van der Waals surface area contributed by atoms with Crippen molar-refractivity contribution in [2.45, 2.75) is 32.6 Å². The van der Waals surface area contributed by atoms with E-state index in [2.05, 4.69) is 25.1 Å². The number of para-hydroxylation sites is 1. The Labute approximate surface area is 84.7 Å². The van der Waals surface area contributed by atoms with Gasteiger partial charge in [0.15, 0.2) is 0 Å². The zero-order valence-corrected chi connectivity index (χ0v) is 8.55. The summed E-state index contributed by atoms with van der Waals surface area (Å²) in [5.41, 5.74) is 0.888. The summed E-state index contributed by atoms with van der Waals surface area (Å²) in [6.07, 6.45) is 4.81. The molecular formula is C13H15O. The molecule has 0 N–H and O–H groups in total. The maximum absolute atomic E-state index is 5.66. The largest absolute Gasteiger partial charge is 0.460 e. The molecule has 0 amide bonds. The quantitative estimate of drug-likeness (QED) is 0.660. The zero-order chi connectivity index (χ0) is 9.80. The summed E-state index contributed by atoms with van der Waals surface area (Å²) in [5.74, 6) is 1.09. The van der Waals surface area contributed by atoms with Crippen LogP contribution in [0.15, 0.2) is 28.7 Å². The van der Waals surface area contributed by atoms with Gasteiger partial charge in [0.1, 0.15) is 11.3 Å². The first-order valence-corrected chi connectivity index (χ1v) is 5.29. The van der Waals surface area contributed by atoms with Crippen molar-refractivity contribution in [1.82, 2.24) is 0 Å². The summed E-state index contributed by atoms with van der Waals surface area (Å²) < 4.78 is 5.66. The molecule has 1 heterocycles. The van der Waals surface area contributed by atoms with Gasteiger partial charge < -0.3 is 4.42 Å². The predicted molar refractivity (Wildman–Crippen MR) is 58.3 cm³/mol. The molecule has 2 aromatic rings. The van der Waals surface area contributed by atoms with Crippen molar-refractivity contribution >= 4 is 11.0 Å². The Morgan fingerprint density at radius 2 is 2.29 bits per heavy atom. The molecule has 1 radical (unpaired) electrons. The van der Waals surface area contributed by atoms with Gasteiger partial charge in [-0.3, -0.25) is 0 Å². The average molecular weight is 187 g/mol. The number of fused-ring (bicyclic) bond motifs is 1. The van der Waals surface area contributed by atoms with Crippen LogP contribution in [0.5, 0.6) is 0 Å². The Morgan fingerprint density at radius 3 is 3.07 bits per heavy atom. The minimum Gasteiger partial charge on any atom is -0.460 e. The van der Waals surface area contributed by atoms with Crippen LogP contribution in [0.25, 0.3) is 11.0 Å². The molecule has 0 saturated heterocycles. The van der Waals surface area contributed by atoms with Crippen molar-refractivity contribution in [3.05, 3.63) is 36.1 Å². The molecule has 1 aromatic carbocycles. The number of benzene rings is 1. The van der Waals surface area contributed by atoms with E-state index in [0.29, 0.717) is 0 Å². The second-order valence-corrected chi connectivity index (χ2v) is 3.62. The Balaban J connectivity index is 2.11. The monoisotopic (exact) mass is 187 g/mol. The van der Waals surface area contributed by atoms with Crippen LogP contribution in [-0.2, 0) is 6.42 Å². The van der Waals surface area contributed by atoms with Crippen molar-refractivity contribution < 1.29 is 4.42 Å². The zero-order valence-electron chi connectivity index (χ0n) is 8.55. The van der Waals surface area contributed by atoms with Crippen LogP contribution in [0, 0.1) is 6.07 Å². The smallest absolute Gasteiger partial charge is 0.142 e. The van der Waals surface area contributed by atoms with E-state index in [0.717, 1.165) is 17.8 Å². The van der Waals surface area contributed by atoms with E-state index in [9.17, 15) is 0 Å². The van der Waals surface area contributed by atoms with Crippen LogP contribution in [0.4, 0.5) is 0 Å². The number of rotatable bonds is 4. The van der Waals surface area contributed by atoms with Crippen molar-refractivity contribution in [1.29, 1.82) is 0 Å². The SMILES string of the molecule is CCCCCc1cc2ccc[c]c2o1. The molecule has 0 spiro atoms. The van der Waals surface area contributed by atoms with Crippen molar-refractivity contribution in [2.75, 3.05) is 0 Å². The average Bonchev–Trinajstić information content (AvgIpc) is 2.60. The summed E-state index contributed by atoms with van der Waals surface area (Å²) >= 11 is 0. The minimum absolute atomic E-state index is 0.888. The van der Waals surface area contributed by atoms with E-state index in [1.165, 1.54) is 24.6 Å². The fourth-order valence-electron chi connectivity index (χ4n) is 1.64. The van der Waals surface area contributed by atoms with Gasteiger partial charge >= 0.3 is 0 Å². The van der Waals surface area contributed by atoms with E-state index in [1.807, 2.05) is 12.1 Å². The minimum atomic E-state index is 0.888. The molecule has 0 unspecified atom stereocenters. The standard InChI is InChI=1S/C13H15O/c1-2-3-4-8-12-10-11-7-5-6-9-13(11)14-12/h5-7,10H,2-4,8H2,1H3. The number of unbranched alkanes of at least 4 members (excludes halogenated alkanes) is 2. The Bertz CT molecular complexity index is 367. The van der Waals surface area contributed by atoms with Gasteiger partial charge in [0, 0.05) is 17.9 Å². The maximum atomic E-state index is 5.66. The Kier molecular flexibility index (Phi) is 2.87. The lowest BCUT2D eigenvalue weighted by molar-refractivity contribution is 0.531. The highest BCUT2D eigenvalue weighted by Crippen LogP contribution is 2.19. The lowest BCUT2D eigenvalue weighted by atomic mass is 10.1. The third-order valence-corrected chi connectivity index (χ3v) is 2.43. The fourth-order valence-corrected chi connectivity index (χ4v) is 1.64. The first-order valence-electron chi connectivity index (χ1n) is 5.29. The summed E-state index contributed by atoms with van der Waals surface area (Å²) in [7, 11) is 0. The van der Waals surface area contributed by atoms with Crippen LogP contribution in [-0.4, -0.2) is 0 Å². The second-order valence-electron chi connectivity index (χ2n) is 3.62. The summed E-state index contributed by atoms with van der Waals surface area (Å²) in [5, 5.41) is 1.17. The molecular weight excluding hydrogens is 172 g/mol. The molecule has 14 heavy (non-hydrogen) atoms. The molecule has 0 saturated carbocycles. The molecule has 0 aliphatic carbocycles. The highest BCUT2D eigenvalue weighted by atomic mass is 16.3. The molecule has 0 atom stereocenters. The van der Waals surface area contributed by atoms with Crippen LogP contribution < -0.4 is 0 Å². The van der Waals surface area contributed by atoms with Gasteiger partial charge in [-0.25, -0.2) is 0 Å². The van der Waals surface area contributed by atoms with Gasteiger partial charge in [0.05, 0.1) is 0 Å². The maximum Gasteiger partial charge on any atom is 0.142 e. The highest BCUT2D eigenvalue weighted by molar-refractivity contribution is 5.77. The topological polar surface area (TPSA) is 13.1 Å². The molecule has 0 bridgehead atoms. The van der Waals surface area contributed by atoms with Crippen molar-refractivity contribution in [3.63, 3.8) is 0 Å². The van der Waals surface area contributed by atoms with Crippen LogP contribution in [0.3, 0.4) is 0 Å². The third kappa shape index (κ3) is 1.98. The van der Waals surface area contributed by atoms with Gasteiger partial charge in [-0.05, 0) is 12.5 Å². The fraction of sp³-hybridized carbons (Fsp3) is 0.385. The highest BCUT2D eigenvalue weighted by Gasteiger charge is 2.01. The van der Waals surface area contributed by atoms with Gasteiger partial charge in [-0.15, -0.1) is 0 Å². The number of hydrogen-bond acceptors (Lipinski definition) is 1. The molecule has 2 rings (SSSR count).